The van der Waals surface area contributed by atoms with E-state index >= 15 is 0 Å². The molecular weight excluding hydrogens is 342 g/mol. The van der Waals surface area contributed by atoms with Gasteiger partial charge in [0.15, 0.2) is 11.5 Å². The summed E-state index contributed by atoms with van der Waals surface area (Å²) in [5.41, 5.74) is 3.00. The van der Waals surface area contributed by atoms with Crippen LogP contribution in [-0.2, 0) is 0 Å². The topological polar surface area (TPSA) is 85.8 Å². The molecule has 0 aliphatic rings. The van der Waals surface area contributed by atoms with Gasteiger partial charge in [0.05, 0.1) is 12.4 Å². The van der Waals surface area contributed by atoms with Gasteiger partial charge in [0, 0.05) is 42.1 Å². The molecule has 0 radical (unpaired) electrons. The number of pyridine rings is 1. The fourth-order valence-corrected chi connectivity index (χ4v) is 2.73. The largest absolute Gasteiger partial charge is 0.355 e. The van der Waals surface area contributed by atoms with E-state index in [-0.39, 0.29) is 17.6 Å². The molecule has 0 aliphatic carbocycles. The van der Waals surface area contributed by atoms with E-state index in [0.29, 0.717) is 5.76 Å². The average molecular weight is 359 g/mol. The molecule has 134 valence electrons. The normalized spacial score (nSPS) is 11.9. The van der Waals surface area contributed by atoms with E-state index in [4.69, 9.17) is 4.52 Å². The van der Waals surface area contributed by atoms with Crippen LogP contribution in [-0.4, -0.2) is 25.6 Å². The quantitative estimate of drug-likeness (QED) is 0.590. The van der Waals surface area contributed by atoms with Gasteiger partial charge in [-0.3, -0.25) is 9.78 Å². The Morgan fingerprint density at radius 3 is 2.70 bits per heavy atom. The standard InChI is InChI=1S/C20H17N5O2/c1-14(15-4-6-17(7-5-15)25-10-9-22-13-25)23-20(26)18-11-19(27-24-18)16-3-2-8-21-12-16/h2-14H,1H3,(H,23,26). The molecule has 4 rings (SSSR count). The van der Waals surface area contributed by atoms with Crippen LogP contribution in [0.3, 0.4) is 0 Å². The molecule has 0 saturated heterocycles. The zero-order valence-electron chi connectivity index (χ0n) is 14.6. The highest BCUT2D eigenvalue weighted by molar-refractivity contribution is 5.93. The third-order valence-corrected chi connectivity index (χ3v) is 4.23. The average Bonchev–Trinajstić information content (AvgIpc) is 3.41. The SMILES string of the molecule is CC(NC(=O)c1cc(-c2cccnc2)on1)c1ccc(-n2ccnc2)cc1. The molecular formula is C20H17N5O2. The molecule has 1 amide bonds. The second-order valence-electron chi connectivity index (χ2n) is 6.07. The van der Waals surface area contributed by atoms with E-state index in [9.17, 15) is 4.79 Å². The zero-order chi connectivity index (χ0) is 18.6. The van der Waals surface area contributed by atoms with Crippen molar-refractivity contribution in [3.63, 3.8) is 0 Å². The van der Waals surface area contributed by atoms with Gasteiger partial charge in [-0.25, -0.2) is 4.98 Å². The molecule has 0 spiro atoms. The van der Waals surface area contributed by atoms with E-state index in [2.05, 4.69) is 20.4 Å². The van der Waals surface area contributed by atoms with E-state index in [1.54, 1.807) is 37.1 Å². The summed E-state index contributed by atoms with van der Waals surface area (Å²) in [4.78, 5) is 20.5. The molecule has 27 heavy (non-hydrogen) atoms. The van der Waals surface area contributed by atoms with Crippen molar-refractivity contribution < 1.29 is 9.32 Å². The maximum absolute atomic E-state index is 12.5. The number of hydrogen-bond acceptors (Lipinski definition) is 5. The summed E-state index contributed by atoms with van der Waals surface area (Å²) in [6, 6.07) is 13.0. The summed E-state index contributed by atoms with van der Waals surface area (Å²) < 4.78 is 7.18. The number of nitrogens with zero attached hydrogens (tertiary/aromatic N) is 4. The number of amides is 1. The Bertz CT molecular complexity index is 1020. The summed E-state index contributed by atoms with van der Waals surface area (Å²) in [6.07, 6.45) is 8.68. The molecule has 1 aromatic carbocycles. The Kier molecular flexibility index (Phi) is 4.49. The number of aromatic nitrogens is 4. The predicted octanol–water partition coefficient (Wildman–Crippen LogP) is 3.41. The van der Waals surface area contributed by atoms with Crippen molar-refractivity contribution in [2.75, 3.05) is 0 Å². The lowest BCUT2D eigenvalue weighted by molar-refractivity contribution is 0.0931. The van der Waals surface area contributed by atoms with Gasteiger partial charge in [0.25, 0.3) is 5.91 Å². The van der Waals surface area contributed by atoms with Gasteiger partial charge < -0.3 is 14.4 Å². The third-order valence-electron chi connectivity index (χ3n) is 4.23. The summed E-state index contributed by atoms with van der Waals surface area (Å²) in [7, 11) is 0. The number of nitrogens with one attached hydrogen (secondary N) is 1. The van der Waals surface area contributed by atoms with Crippen LogP contribution in [0.25, 0.3) is 17.0 Å². The van der Waals surface area contributed by atoms with E-state index in [0.717, 1.165) is 16.8 Å². The lowest BCUT2D eigenvalue weighted by atomic mass is 10.1. The molecule has 7 heteroatoms. The predicted molar refractivity (Wildman–Crippen MR) is 99.2 cm³/mol. The first-order chi connectivity index (χ1) is 13.2. The van der Waals surface area contributed by atoms with Gasteiger partial charge in [-0.15, -0.1) is 0 Å². The third kappa shape index (κ3) is 3.62. The smallest absolute Gasteiger partial charge is 0.273 e. The number of hydrogen-bond donors (Lipinski definition) is 1. The molecule has 4 aromatic rings. The molecule has 0 saturated carbocycles. The first-order valence-electron chi connectivity index (χ1n) is 8.47. The van der Waals surface area contributed by atoms with Gasteiger partial charge in [0.2, 0.25) is 0 Å². The second-order valence-corrected chi connectivity index (χ2v) is 6.07. The monoisotopic (exact) mass is 359 g/mol. The van der Waals surface area contributed by atoms with Crippen molar-refractivity contribution in [2.24, 2.45) is 0 Å². The highest BCUT2D eigenvalue weighted by Gasteiger charge is 2.16. The van der Waals surface area contributed by atoms with Crippen LogP contribution in [0.4, 0.5) is 0 Å². The fourth-order valence-electron chi connectivity index (χ4n) is 2.73. The van der Waals surface area contributed by atoms with Crippen molar-refractivity contribution in [2.45, 2.75) is 13.0 Å². The summed E-state index contributed by atoms with van der Waals surface area (Å²) in [5, 5.41) is 6.80. The van der Waals surface area contributed by atoms with Gasteiger partial charge in [-0.05, 0) is 36.8 Å². The number of carbonyl (C=O) groups excluding carboxylic acids is 1. The Hall–Kier alpha value is -3.74. The molecule has 3 heterocycles. The molecule has 1 N–H and O–H groups in total. The minimum Gasteiger partial charge on any atom is -0.355 e. The van der Waals surface area contributed by atoms with E-state index < -0.39 is 0 Å². The Balaban J connectivity index is 1.44. The van der Waals surface area contributed by atoms with Gasteiger partial charge >= 0.3 is 0 Å². The van der Waals surface area contributed by atoms with Gasteiger partial charge in [-0.1, -0.05) is 17.3 Å². The van der Waals surface area contributed by atoms with Crippen LogP contribution in [0.2, 0.25) is 0 Å². The maximum atomic E-state index is 12.5. The molecule has 0 fully saturated rings. The molecule has 7 nitrogen and oxygen atoms in total. The minimum absolute atomic E-state index is 0.173. The Morgan fingerprint density at radius 2 is 2.00 bits per heavy atom. The summed E-state index contributed by atoms with van der Waals surface area (Å²) in [6.45, 7) is 1.92. The lowest BCUT2D eigenvalue weighted by Crippen LogP contribution is -2.26. The lowest BCUT2D eigenvalue weighted by Gasteiger charge is -2.14. The molecule has 1 unspecified atom stereocenters. The summed E-state index contributed by atoms with van der Waals surface area (Å²) >= 11 is 0. The number of benzene rings is 1. The molecule has 1 atom stereocenters. The van der Waals surface area contributed by atoms with Crippen LogP contribution < -0.4 is 5.32 Å². The first-order valence-corrected chi connectivity index (χ1v) is 8.47. The Morgan fingerprint density at radius 1 is 1.15 bits per heavy atom. The van der Waals surface area contributed by atoms with Crippen molar-refractivity contribution in [3.8, 4) is 17.0 Å². The van der Waals surface area contributed by atoms with Crippen LogP contribution >= 0.6 is 0 Å². The fraction of sp³-hybridized carbons (Fsp3) is 0.100. The number of imidazole rings is 1. The van der Waals surface area contributed by atoms with E-state index in [1.807, 2.05) is 48.0 Å². The van der Waals surface area contributed by atoms with Crippen LogP contribution in [0.1, 0.15) is 29.0 Å². The maximum Gasteiger partial charge on any atom is 0.273 e. The second kappa shape index (κ2) is 7.25. The highest BCUT2D eigenvalue weighted by Crippen LogP contribution is 2.20. The number of carbonyl (C=O) groups is 1. The number of rotatable bonds is 5. The van der Waals surface area contributed by atoms with E-state index in [1.165, 1.54) is 0 Å². The highest BCUT2D eigenvalue weighted by atomic mass is 16.5. The van der Waals surface area contributed by atoms with Crippen LogP contribution in [0.5, 0.6) is 0 Å². The van der Waals surface area contributed by atoms with Gasteiger partial charge in [-0.2, -0.15) is 0 Å². The molecule has 0 aliphatic heterocycles. The zero-order valence-corrected chi connectivity index (χ0v) is 14.6. The van der Waals surface area contributed by atoms with Crippen LogP contribution in [0.15, 0.2) is 78.1 Å². The van der Waals surface area contributed by atoms with Crippen molar-refractivity contribution >= 4 is 5.91 Å². The van der Waals surface area contributed by atoms with Crippen molar-refractivity contribution in [3.05, 3.63) is 84.8 Å². The van der Waals surface area contributed by atoms with Crippen LogP contribution in [0, 0.1) is 0 Å². The summed E-state index contributed by atoms with van der Waals surface area (Å²) in [5.74, 6) is 0.214. The molecule has 0 bridgehead atoms. The first kappa shape index (κ1) is 16.7. The Labute approximate surface area is 155 Å². The van der Waals surface area contributed by atoms with Crippen molar-refractivity contribution in [1.29, 1.82) is 0 Å². The van der Waals surface area contributed by atoms with Crippen molar-refractivity contribution in [1.82, 2.24) is 25.0 Å². The molecule has 3 aromatic heterocycles. The van der Waals surface area contributed by atoms with Gasteiger partial charge in [0.1, 0.15) is 0 Å². The minimum atomic E-state index is -0.292.